The number of rotatable bonds is 3. The van der Waals surface area contributed by atoms with Crippen LogP contribution in [0.5, 0.6) is 11.5 Å². The van der Waals surface area contributed by atoms with Crippen molar-refractivity contribution in [1.82, 2.24) is 5.32 Å². The quantitative estimate of drug-likeness (QED) is 0.945. The number of amides is 1. The van der Waals surface area contributed by atoms with Gasteiger partial charge in [-0.2, -0.15) is 0 Å². The lowest BCUT2D eigenvalue weighted by Gasteiger charge is -2.25. The van der Waals surface area contributed by atoms with Gasteiger partial charge >= 0.3 is 0 Å². The number of hydrogen-bond donors (Lipinski definition) is 1. The molecule has 2 aliphatic heterocycles. The number of nitrogens with one attached hydrogen (secondary N) is 1. The molecule has 23 heavy (non-hydrogen) atoms. The van der Waals surface area contributed by atoms with Crippen LogP contribution in [0.4, 0.5) is 0 Å². The van der Waals surface area contributed by atoms with E-state index in [9.17, 15) is 4.79 Å². The number of carbonyl (C=O) groups is 1. The number of benzene rings is 2. The molecule has 0 saturated carbocycles. The van der Waals surface area contributed by atoms with Crippen LogP contribution in [0.1, 0.15) is 21.5 Å². The van der Waals surface area contributed by atoms with Crippen molar-refractivity contribution in [2.75, 3.05) is 13.3 Å². The molecule has 2 heterocycles. The van der Waals surface area contributed by atoms with E-state index in [1.165, 1.54) is 11.1 Å². The summed E-state index contributed by atoms with van der Waals surface area (Å²) in [4.78, 5) is 12.3. The van der Waals surface area contributed by atoms with Gasteiger partial charge in [0.25, 0.3) is 5.91 Å². The van der Waals surface area contributed by atoms with Crippen LogP contribution in [0.25, 0.3) is 0 Å². The molecular formula is C18H17NO4. The summed E-state index contributed by atoms with van der Waals surface area (Å²) in [5.41, 5.74) is 3.08. The summed E-state index contributed by atoms with van der Waals surface area (Å²) in [7, 11) is 0. The predicted octanol–water partition coefficient (Wildman–Crippen LogP) is 2.29. The molecule has 1 amide bonds. The molecular weight excluding hydrogens is 294 g/mol. The van der Waals surface area contributed by atoms with Crippen LogP contribution in [0.3, 0.4) is 0 Å². The lowest BCUT2D eigenvalue weighted by molar-refractivity contribution is 0.0285. The Morgan fingerprint density at radius 3 is 2.83 bits per heavy atom. The zero-order valence-corrected chi connectivity index (χ0v) is 12.6. The highest BCUT2D eigenvalue weighted by atomic mass is 16.7. The van der Waals surface area contributed by atoms with Crippen LogP contribution in [0, 0.1) is 0 Å². The summed E-state index contributed by atoms with van der Waals surface area (Å²) in [6.45, 7) is 1.29. The molecule has 0 radical (unpaired) electrons. The van der Waals surface area contributed by atoms with Crippen molar-refractivity contribution in [2.45, 2.75) is 19.1 Å². The van der Waals surface area contributed by atoms with E-state index >= 15 is 0 Å². The van der Waals surface area contributed by atoms with E-state index in [4.69, 9.17) is 14.2 Å². The molecule has 1 N–H and O–H groups in total. The minimum atomic E-state index is -0.134. The van der Waals surface area contributed by atoms with Gasteiger partial charge in [-0.3, -0.25) is 4.79 Å². The fourth-order valence-corrected chi connectivity index (χ4v) is 2.89. The molecule has 0 aliphatic carbocycles. The van der Waals surface area contributed by atoms with Gasteiger partial charge in [0.05, 0.1) is 12.7 Å². The summed E-state index contributed by atoms with van der Waals surface area (Å²) in [5.74, 6) is 1.15. The summed E-state index contributed by atoms with van der Waals surface area (Å²) in [6.07, 6.45) is 0.820. The molecule has 5 heteroatoms. The Morgan fingerprint density at radius 2 is 1.91 bits per heavy atom. The molecule has 0 aromatic heterocycles. The largest absolute Gasteiger partial charge is 0.454 e. The van der Waals surface area contributed by atoms with E-state index in [1.807, 2.05) is 12.1 Å². The minimum Gasteiger partial charge on any atom is -0.454 e. The monoisotopic (exact) mass is 311 g/mol. The molecule has 0 bridgehead atoms. The molecule has 0 unspecified atom stereocenters. The highest BCUT2D eigenvalue weighted by molar-refractivity contribution is 5.94. The average molecular weight is 311 g/mol. The summed E-state index contributed by atoms with van der Waals surface area (Å²) in [6, 6.07) is 13.4. The van der Waals surface area contributed by atoms with E-state index in [1.54, 1.807) is 18.2 Å². The number of carbonyl (C=O) groups excluding carboxylic acids is 1. The molecule has 1 atom stereocenters. The van der Waals surface area contributed by atoms with Gasteiger partial charge in [-0.05, 0) is 29.3 Å². The topological polar surface area (TPSA) is 56.8 Å². The van der Waals surface area contributed by atoms with Crippen molar-refractivity contribution in [3.05, 3.63) is 59.2 Å². The number of ether oxygens (including phenoxy) is 3. The lowest BCUT2D eigenvalue weighted by atomic mass is 9.99. The van der Waals surface area contributed by atoms with Gasteiger partial charge in [0.1, 0.15) is 0 Å². The Balaban J connectivity index is 1.37. The molecule has 2 aromatic rings. The second-order valence-corrected chi connectivity index (χ2v) is 5.68. The van der Waals surface area contributed by atoms with E-state index in [0.717, 1.165) is 6.42 Å². The zero-order chi connectivity index (χ0) is 15.6. The van der Waals surface area contributed by atoms with Crippen LogP contribution < -0.4 is 14.8 Å². The van der Waals surface area contributed by atoms with Gasteiger partial charge in [-0.25, -0.2) is 0 Å². The van der Waals surface area contributed by atoms with Crippen molar-refractivity contribution in [1.29, 1.82) is 0 Å². The van der Waals surface area contributed by atoms with Crippen LogP contribution >= 0.6 is 0 Å². The van der Waals surface area contributed by atoms with Gasteiger partial charge < -0.3 is 19.5 Å². The Labute approximate surface area is 134 Å². The van der Waals surface area contributed by atoms with Crippen LogP contribution in [0.15, 0.2) is 42.5 Å². The van der Waals surface area contributed by atoms with Crippen molar-refractivity contribution in [3.8, 4) is 11.5 Å². The zero-order valence-electron chi connectivity index (χ0n) is 12.6. The molecule has 0 fully saturated rings. The first kappa shape index (κ1) is 14.1. The molecule has 0 saturated heterocycles. The predicted molar refractivity (Wildman–Crippen MR) is 83.6 cm³/mol. The second-order valence-electron chi connectivity index (χ2n) is 5.68. The maximum atomic E-state index is 12.3. The van der Waals surface area contributed by atoms with E-state index in [2.05, 4.69) is 17.4 Å². The Morgan fingerprint density at radius 1 is 1.09 bits per heavy atom. The highest BCUT2D eigenvalue weighted by Crippen LogP contribution is 2.32. The third-order valence-corrected chi connectivity index (χ3v) is 4.17. The number of hydrogen-bond acceptors (Lipinski definition) is 4. The van der Waals surface area contributed by atoms with Gasteiger partial charge in [0, 0.05) is 18.5 Å². The van der Waals surface area contributed by atoms with E-state index < -0.39 is 0 Å². The van der Waals surface area contributed by atoms with Crippen LogP contribution in [0.2, 0.25) is 0 Å². The molecule has 118 valence electrons. The van der Waals surface area contributed by atoms with Gasteiger partial charge in [-0.15, -0.1) is 0 Å². The van der Waals surface area contributed by atoms with Gasteiger partial charge in [0.2, 0.25) is 6.79 Å². The van der Waals surface area contributed by atoms with Crippen LogP contribution in [-0.4, -0.2) is 25.3 Å². The lowest BCUT2D eigenvalue weighted by Crippen LogP contribution is -2.36. The third-order valence-electron chi connectivity index (χ3n) is 4.17. The molecule has 5 nitrogen and oxygen atoms in total. The Hall–Kier alpha value is -2.53. The standard InChI is InChI=1S/C18H17NO4/c20-18(13-5-6-16-17(8-13)23-11-22-16)19-9-15-7-12-3-1-2-4-14(12)10-21-15/h1-6,8,15H,7,9-11H2,(H,19,20)/t15-/m0/s1. The van der Waals surface area contributed by atoms with Crippen molar-refractivity contribution in [2.24, 2.45) is 0 Å². The first-order chi connectivity index (χ1) is 11.3. The van der Waals surface area contributed by atoms with Crippen LogP contribution in [-0.2, 0) is 17.8 Å². The van der Waals surface area contributed by atoms with E-state index in [0.29, 0.717) is 30.2 Å². The maximum Gasteiger partial charge on any atom is 0.251 e. The third kappa shape index (κ3) is 2.87. The first-order valence-electron chi connectivity index (χ1n) is 7.66. The molecule has 2 aromatic carbocycles. The van der Waals surface area contributed by atoms with Crippen molar-refractivity contribution < 1.29 is 19.0 Å². The summed E-state index contributed by atoms with van der Waals surface area (Å²) >= 11 is 0. The van der Waals surface area contributed by atoms with Crippen molar-refractivity contribution >= 4 is 5.91 Å². The Bertz CT molecular complexity index is 744. The number of fused-ring (bicyclic) bond motifs is 2. The molecule has 2 aliphatic rings. The maximum absolute atomic E-state index is 12.3. The normalized spacial score (nSPS) is 18.3. The fourth-order valence-electron chi connectivity index (χ4n) is 2.89. The molecule has 4 rings (SSSR count). The molecule has 0 spiro atoms. The minimum absolute atomic E-state index is 0.00265. The first-order valence-corrected chi connectivity index (χ1v) is 7.66. The Kier molecular flexibility index (Phi) is 3.63. The van der Waals surface area contributed by atoms with Crippen molar-refractivity contribution in [3.63, 3.8) is 0 Å². The van der Waals surface area contributed by atoms with E-state index in [-0.39, 0.29) is 18.8 Å². The van der Waals surface area contributed by atoms with Gasteiger partial charge in [-0.1, -0.05) is 24.3 Å². The fraction of sp³-hybridized carbons (Fsp3) is 0.278. The van der Waals surface area contributed by atoms with Gasteiger partial charge in [0.15, 0.2) is 11.5 Å². The smallest absolute Gasteiger partial charge is 0.251 e. The second kappa shape index (κ2) is 5.93. The summed E-state index contributed by atoms with van der Waals surface area (Å²) < 4.78 is 16.3. The summed E-state index contributed by atoms with van der Waals surface area (Å²) in [5, 5.41) is 2.93. The highest BCUT2D eigenvalue weighted by Gasteiger charge is 2.20. The SMILES string of the molecule is O=C(NC[C@@H]1Cc2ccccc2CO1)c1ccc2c(c1)OCO2. The average Bonchev–Trinajstić information content (AvgIpc) is 3.07.